The molecule has 0 fully saturated rings. The minimum absolute atomic E-state index is 0.180. The van der Waals surface area contributed by atoms with Gasteiger partial charge in [0, 0.05) is 15.6 Å². The molecule has 0 aromatic heterocycles. The van der Waals surface area contributed by atoms with Gasteiger partial charge in [-0.3, -0.25) is 4.79 Å². The second-order valence-electron chi connectivity index (χ2n) is 6.45. The zero-order chi connectivity index (χ0) is 22.9. The molecule has 0 aliphatic carbocycles. The maximum absolute atomic E-state index is 11.9. The van der Waals surface area contributed by atoms with Gasteiger partial charge >= 0.3 is 0 Å². The lowest BCUT2D eigenvalue weighted by Gasteiger charge is -2.14. The molecule has 0 spiro atoms. The number of methoxy groups -OCH3 is 1. The average molecular weight is 538 g/mol. The molecule has 0 unspecified atom stereocenters. The van der Waals surface area contributed by atoms with E-state index in [0.717, 1.165) is 5.56 Å². The number of nitrogens with one attached hydrogen (secondary N) is 1. The Morgan fingerprint density at radius 3 is 2.56 bits per heavy atom. The summed E-state index contributed by atoms with van der Waals surface area (Å²) in [7, 11) is 1.54. The summed E-state index contributed by atoms with van der Waals surface area (Å²) in [6, 6.07) is 17.7. The number of carbonyl (C=O) groups excluding carboxylic acids is 1. The van der Waals surface area contributed by atoms with Crippen molar-refractivity contribution in [3.63, 3.8) is 0 Å². The number of benzene rings is 3. The van der Waals surface area contributed by atoms with Crippen LogP contribution in [0.4, 0.5) is 0 Å². The van der Waals surface area contributed by atoms with Crippen molar-refractivity contribution >= 4 is 51.3 Å². The van der Waals surface area contributed by atoms with Crippen LogP contribution >= 0.6 is 39.1 Å². The predicted molar refractivity (Wildman–Crippen MR) is 129 cm³/mol. The van der Waals surface area contributed by atoms with E-state index >= 15 is 0 Å². The number of hydrogen-bond donors (Lipinski definition) is 1. The fraction of sp³-hybridized carbons (Fsp3) is 0.130. The van der Waals surface area contributed by atoms with Crippen molar-refractivity contribution < 1.29 is 19.0 Å². The fourth-order valence-corrected chi connectivity index (χ4v) is 3.50. The van der Waals surface area contributed by atoms with Crippen LogP contribution in [0.15, 0.2) is 70.2 Å². The maximum atomic E-state index is 11.9. The molecule has 0 aliphatic rings. The van der Waals surface area contributed by atoms with E-state index in [0.29, 0.717) is 37.3 Å². The van der Waals surface area contributed by atoms with Crippen molar-refractivity contribution in [1.29, 1.82) is 0 Å². The first-order valence-corrected chi connectivity index (χ1v) is 10.9. The van der Waals surface area contributed by atoms with Crippen molar-refractivity contribution in [1.82, 2.24) is 5.43 Å². The Hall–Kier alpha value is -2.74. The van der Waals surface area contributed by atoms with Crippen molar-refractivity contribution in [2.75, 3.05) is 13.7 Å². The normalized spacial score (nSPS) is 10.8. The van der Waals surface area contributed by atoms with E-state index in [1.165, 1.54) is 6.21 Å². The Bertz CT molecular complexity index is 1110. The molecule has 0 atom stereocenters. The minimum Gasteiger partial charge on any atom is -0.493 e. The number of rotatable bonds is 9. The number of nitrogens with zero attached hydrogens (tertiary/aromatic N) is 1. The summed E-state index contributed by atoms with van der Waals surface area (Å²) >= 11 is 15.5. The zero-order valence-electron chi connectivity index (χ0n) is 17.0. The van der Waals surface area contributed by atoms with E-state index < -0.39 is 5.91 Å². The first kappa shape index (κ1) is 23.9. The van der Waals surface area contributed by atoms with Crippen LogP contribution in [0, 0.1) is 0 Å². The topological polar surface area (TPSA) is 69.2 Å². The summed E-state index contributed by atoms with van der Waals surface area (Å²) in [6.07, 6.45) is 1.49. The third kappa shape index (κ3) is 6.88. The van der Waals surface area contributed by atoms with E-state index in [1.807, 2.05) is 18.2 Å². The minimum atomic E-state index is -0.401. The molecule has 9 heteroatoms. The van der Waals surface area contributed by atoms with E-state index in [9.17, 15) is 4.79 Å². The highest BCUT2D eigenvalue weighted by atomic mass is 79.9. The first-order valence-electron chi connectivity index (χ1n) is 9.40. The van der Waals surface area contributed by atoms with E-state index in [4.69, 9.17) is 37.4 Å². The van der Waals surface area contributed by atoms with Gasteiger partial charge in [-0.15, -0.1) is 0 Å². The number of hydrazone groups is 1. The average Bonchev–Trinajstić information content (AvgIpc) is 2.78. The molecule has 0 radical (unpaired) electrons. The van der Waals surface area contributed by atoms with Crippen molar-refractivity contribution in [2.45, 2.75) is 6.61 Å². The fourth-order valence-electron chi connectivity index (χ4n) is 2.61. The number of hydrogen-bond acceptors (Lipinski definition) is 5. The zero-order valence-corrected chi connectivity index (χ0v) is 20.1. The number of carbonyl (C=O) groups is 1. The lowest BCUT2D eigenvalue weighted by Crippen LogP contribution is -2.24. The maximum Gasteiger partial charge on any atom is 0.277 e. The van der Waals surface area contributed by atoms with Gasteiger partial charge in [0.2, 0.25) is 0 Å². The standard InChI is InChI=1S/C23H19BrCl2N2O4/c1-30-21-11-15(10-19(24)23(21)32-13-16-4-2-3-5-20(16)26)12-27-28-22(29)14-31-18-8-6-17(25)7-9-18/h2-12H,13-14H2,1H3,(H,28,29)/b27-12+. The SMILES string of the molecule is COc1cc(/C=N/NC(=O)COc2ccc(Cl)cc2)cc(Br)c1OCc1ccccc1Cl. The summed E-state index contributed by atoms with van der Waals surface area (Å²) < 4.78 is 17.4. The van der Waals surface area contributed by atoms with Gasteiger partial charge in [0.25, 0.3) is 5.91 Å². The lowest BCUT2D eigenvalue weighted by atomic mass is 10.2. The van der Waals surface area contributed by atoms with Gasteiger partial charge < -0.3 is 14.2 Å². The van der Waals surface area contributed by atoms with Gasteiger partial charge in [-0.2, -0.15) is 5.10 Å². The van der Waals surface area contributed by atoms with Crippen molar-refractivity contribution in [3.8, 4) is 17.2 Å². The Morgan fingerprint density at radius 1 is 1.09 bits per heavy atom. The largest absolute Gasteiger partial charge is 0.493 e. The smallest absolute Gasteiger partial charge is 0.277 e. The van der Waals surface area contributed by atoms with Gasteiger partial charge in [-0.05, 0) is 64.0 Å². The van der Waals surface area contributed by atoms with Crippen LogP contribution in [-0.2, 0) is 11.4 Å². The molecule has 0 saturated heterocycles. The van der Waals surface area contributed by atoms with Crippen LogP contribution in [-0.4, -0.2) is 25.8 Å². The Balaban J connectivity index is 1.58. The third-order valence-corrected chi connectivity index (χ3v) is 5.38. The van der Waals surface area contributed by atoms with Gasteiger partial charge in [0.1, 0.15) is 12.4 Å². The van der Waals surface area contributed by atoms with Crippen molar-refractivity contribution in [3.05, 3.63) is 86.3 Å². The van der Waals surface area contributed by atoms with E-state index in [-0.39, 0.29) is 13.2 Å². The third-order valence-electron chi connectivity index (χ3n) is 4.17. The quantitative estimate of drug-likeness (QED) is 0.273. The molecule has 0 saturated carbocycles. The Kier molecular flexibility index (Phi) is 8.79. The van der Waals surface area contributed by atoms with Gasteiger partial charge in [-0.1, -0.05) is 41.4 Å². The summed E-state index contributed by atoms with van der Waals surface area (Å²) in [6.45, 7) is 0.104. The molecular weight excluding hydrogens is 519 g/mol. The molecule has 0 heterocycles. The number of amides is 1. The first-order chi connectivity index (χ1) is 15.5. The molecule has 1 amide bonds. The molecule has 6 nitrogen and oxygen atoms in total. The molecule has 0 aliphatic heterocycles. The summed E-state index contributed by atoms with van der Waals surface area (Å²) in [4.78, 5) is 11.9. The Morgan fingerprint density at radius 2 is 1.84 bits per heavy atom. The summed E-state index contributed by atoms with van der Waals surface area (Å²) in [5, 5.41) is 5.18. The molecule has 166 valence electrons. The second-order valence-corrected chi connectivity index (χ2v) is 8.15. The van der Waals surface area contributed by atoms with Crippen LogP contribution in [0.1, 0.15) is 11.1 Å². The predicted octanol–water partition coefficient (Wildman–Crippen LogP) is 5.87. The number of halogens is 3. The molecule has 1 N–H and O–H groups in total. The van der Waals surface area contributed by atoms with Crippen LogP contribution < -0.4 is 19.6 Å². The number of ether oxygens (including phenoxy) is 3. The monoisotopic (exact) mass is 536 g/mol. The van der Waals surface area contributed by atoms with Gasteiger partial charge in [0.15, 0.2) is 18.1 Å². The van der Waals surface area contributed by atoms with Crippen molar-refractivity contribution in [2.24, 2.45) is 5.10 Å². The molecule has 0 bridgehead atoms. The van der Waals surface area contributed by atoms with Crippen LogP contribution in [0.5, 0.6) is 17.2 Å². The molecule has 32 heavy (non-hydrogen) atoms. The van der Waals surface area contributed by atoms with E-state index in [1.54, 1.807) is 49.6 Å². The summed E-state index contributed by atoms with van der Waals surface area (Å²) in [5.41, 5.74) is 3.97. The lowest BCUT2D eigenvalue weighted by molar-refractivity contribution is -0.123. The summed E-state index contributed by atoms with van der Waals surface area (Å²) in [5.74, 6) is 1.17. The highest BCUT2D eigenvalue weighted by Crippen LogP contribution is 2.37. The highest BCUT2D eigenvalue weighted by molar-refractivity contribution is 9.10. The van der Waals surface area contributed by atoms with Crippen LogP contribution in [0.3, 0.4) is 0 Å². The van der Waals surface area contributed by atoms with Crippen LogP contribution in [0.2, 0.25) is 10.0 Å². The molecule has 3 aromatic carbocycles. The van der Waals surface area contributed by atoms with Gasteiger partial charge in [-0.25, -0.2) is 5.43 Å². The second kappa shape index (κ2) is 11.8. The molecule has 3 aromatic rings. The molecule has 3 rings (SSSR count). The molecular formula is C23H19BrCl2N2O4. The Labute approximate surface area is 204 Å². The van der Waals surface area contributed by atoms with Gasteiger partial charge in [0.05, 0.1) is 17.8 Å². The van der Waals surface area contributed by atoms with Crippen LogP contribution in [0.25, 0.3) is 0 Å². The van der Waals surface area contributed by atoms with E-state index in [2.05, 4.69) is 26.5 Å². The highest BCUT2D eigenvalue weighted by Gasteiger charge is 2.12.